The lowest BCUT2D eigenvalue weighted by Crippen LogP contribution is -2.09. The van der Waals surface area contributed by atoms with Gasteiger partial charge in [0.2, 0.25) is 0 Å². The lowest BCUT2D eigenvalue weighted by Gasteiger charge is -2.10. The van der Waals surface area contributed by atoms with E-state index < -0.39 is 21.7 Å². The van der Waals surface area contributed by atoms with E-state index in [2.05, 4.69) is 15.0 Å². The number of pyridine rings is 2. The highest BCUT2D eigenvalue weighted by Gasteiger charge is 2.33. The molecule has 8 nitrogen and oxygen atoms in total. The van der Waals surface area contributed by atoms with Crippen LogP contribution in [-0.2, 0) is 23.1 Å². The van der Waals surface area contributed by atoms with Gasteiger partial charge in [-0.2, -0.15) is 18.4 Å². The molecule has 0 aliphatic carbocycles. The maximum Gasteiger partial charge on any atom is 0.433 e. The Labute approximate surface area is 168 Å². The molecular weight excluding hydrogens is 421 g/mol. The molecule has 0 saturated carbocycles. The van der Waals surface area contributed by atoms with Crippen LogP contribution in [0.5, 0.6) is 0 Å². The van der Waals surface area contributed by atoms with E-state index in [0.717, 1.165) is 12.3 Å². The first-order valence-corrected chi connectivity index (χ1v) is 10.3. The first-order chi connectivity index (χ1) is 14.0. The standard InChI is InChI=1S/C18H13F3N6O2S/c1-3-30(28,29)14-9-27-8-10(6-22)24-16(27)4-11(14)17-25-12-5-15(18(19,20)21)23-7-13(12)26(17)2/h4-5,7-9H,3H2,1-2H3. The van der Waals surface area contributed by atoms with Gasteiger partial charge in [0.1, 0.15) is 23.2 Å². The highest BCUT2D eigenvalue weighted by molar-refractivity contribution is 7.91. The molecule has 0 saturated heterocycles. The monoisotopic (exact) mass is 434 g/mol. The lowest BCUT2D eigenvalue weighted by atomic mass is 10.2. The largest absolute Gasteiger partial charge is 0.433 e. The molecule has 0 radical (unpaired) electrons. The van der Waals surface area contributed by atoms with Crippen molar-refractivity contribution < 1.29 is 21.6 Å². The van der Waals surface area contributed by atoms with Gasteiger partial charge in [0.05, 0.1) is 27.9 Å². The highest BCUT2D eigenvalue weighted by Crippen LogP contribution is 2.33. The summed E-state index contributed by atoms with van der Waals surface area (Å²) in [4.78, 5) is 11.7. The van der Waals surface area contributed by atoms with Gasteiger partial charge >= 0.3 is 6.18 Å². The Morgan fingerprint density at radius 3 is 2.57 bits per heavy atom. The molecule has 4 aromatic heterocycles. The van der Waals surface area contributed by atoms with Gasteiger partial charge in [-0.05, 0) is 12.1 Å². The average molecular weight is 434 g/mol. The number of alkyl halides is 3. The van der Waals surface area contributed by atoms with Gasteiger partial charge in [0, 0.05) is 25.0 Å². The molecule has 0 unspecified atom stereocenters. The molecule has 4 heterocycles. The molecule has 0 aliphatic heterocycles. The van der Waals surface area contributed by atoms with Gasteiger partial charge in [-0.1, -0.05) is 6.92 Å². The number of hydrogen-bond donors (Lipinski definition) is 0. The fourth-order valence-corrected chi connectivity index (χ4v) is 4.20. The molecule has 4 aromatic rings. The van der Waals surface area contributed by atoms with Gasteiger partial charge in [-0.3, -0.25) is 0 Å². The zero-order valence-electron chi connectivity index (χ0n) is 15.6. The molecule has 0 fully saturated rings. The van der Waals surface area contributed by atoms with Crippen molar-refractivity contribution in [1.82, 2.24) is 23.9 Å². The number of fused-ring (bicyclic) bond motifs is 2. The van der Waals surface area contributed by atoms with E-state index in [4.69, 9.17) is 5.26 Å². The van der Waals surface area contributed by atoms with E-state index in [1.165, 1.54) is 34.4 Å². The van der Waals surface area contributed by atoms with E-state index in [0.29, 0.717) is 11.2 Å². The lowest BCUT2D eigenvalue weighted by molar-refractivity contribution is -0.141. The summed E-state index contributed by atoms with van der Waals surface area (Å²) in [6.45, 7) is 1.48. The second-order valence-corrected chi connectivity index (χ2v) is 8.76. The van der Waals surface area contributed by atoms with E-state index in [-0.39, 0.29) is 33.2 Å². The van der Waals surface area contributed by atoms with Crippen LogP contribution < -0.4 is 0 Å². The van der Waals surface area contributed by atoms with Crippen LogP contribution in [0.2, 0.25) is 0 Å². The van der Waals surface area contributed by atoms with Crippen molar-refractivity contribution in [3.63, 3.8) is 0 Å². The Hall–Kier alpha value is -3.46. The molecule has 0 amide bonds. The maximum absolute atomic E-state index is 13.0. The number of sulfone groups is 1. The van der Waals surface area contributed by atoms with Crippen molar-refractivity contribution in [2.45, 2.75) is 18.0 Å². The van der Waals surface area contributed by atoms with Gasteiger partial charge in [0.15, 0.2) is 15.5 Å². The number of nitrogens with zero attached hydrogens (tertiary/aromatic N) is 6. The summed E-state index contributed by atoms with van der Waals surface area (Å²) in [7, 11) is -2.18. The van der Waals surface area contributed by atoms with Crippen LogP contribution in [0.1, 0.15) is 18.3 Å². The number of imidazole rings is 2. The molecule has 30 heavy (non-hydrogen) atoms. The normalized spacial score (nSPS) is 12.5. The van der Waals surface area contributed by atoms with Crippen LogP contribution in [-0.4, -0.2) is 38.1 Å². The predicted octanol–water partition coefficient (Wildman–Crippen LogP) is 2.97. The topological polar surface area (TPSA) is 106 Å². The van der Waals surface area contributed by atoms with Crippen molar-refractivity contribution in [1.29, 1.82) is 5.26 Å². The molecule has 154 valence electrons. The van der Waals surface area contributed by atoms with Crippen molar-refractivity contribution in [2.75, 3.05) is 5.75 Å². The van der Waals surface area contributed by atoms with Crippen LogP contribution in [0.25, 0.3) is 28.1 Å². The number of hydrogen-bond acceptors (Lipinski definition) is 6. The van der Waals surface area contributed by atoms with Crippen LogP contribution in [0.15, 0.2) is 35.6 Å². The number of nitriles is 1. The summed E-state index contributed by atoms with van der Waals surface area (Å²) in [6.07, 6.45) is -0.867. The van der Waals surface area contributed by atoms with Gasteiger partial charge in [-0.15, -0.1) is 0 Å². The van der Waals surface area contributed by atoms with Crippen molar-refractivity contribution >= 4 is 26.5 Å². The van der Waals surface area contributed by atoms with Crippen molar-refractivity contribution in [2.24, 2.45) is 7.05 Å². The van der Waals surface area contributed by atoms with Gasteiger partial charge in [-0.25, -0.2) is 23.4 Å². The molecular formula is C18H13F3N6O2S. The van der Waals surface area contributed by atoms with Crippen LogP contribution in [0.3, 0.4) is 0 Å². The summed E-state index contributed by atoms with van der Waals surface area (Å²) in [5, 5.41) is 9.07. The van der Waals surface area contributed by atoms with E-state index in [1.54, 1.807) is 7.05 Å². The minimum absolute atomic E-state index is 0.0237. The smallest absolute Gasteiger partial charge is 0.326 e. The Balaban J connectivity index is 2.04. The number of rotatable bonds is 3. The Morgan fingerprint density at radius 2 is 1.93 bits per heavy atom. The first-order valence-electron chi connectivity index (χ1n) is 8.61. The van der Waals surface area contributed by atoms with Gasteiger partial charge in [0.25, 0.3) is 0 Å². The van der Waals surface area contributed by atoms with Crippen molar-refractivity contribution in [3.8, 4) is 17.5 Å². The number of aromatic nitrogens is 5. The third-order valence-corrected chi connectivity index (χ3v) is 6.44. The van der Waals surface area contributed by atoms with E-state index in [9.17, 15) is 21.6 Å². The second kappa shape index (κ2) is 6.53. The molecule has 0 spiro atoms. The Kier molecular flexibility index (Phi) is 4.32. The first kappa shape index (κ1) is 19.8. The van der Waals surface area contributed by atoms with Gasteiger partial charge < -0.3 is 8.97 Å². The van der Waals surface area contributed by atoms with Crippen LogP contribution in [0, 0.1) is 11.3 Å². The zero-order valence-corrected chi connectivity index (χ0v) is 16.5. The van der Waals surface area contributed by atoms with E-state index in [1.807, 2.05) is 6.07 Å². The second-order valence-electron chi connectivity index (χ2n) is 6.51. The summed E-state index contributed by atoms with van der Waals surface area (Å²) < 4.78 is 67.4. The quantitative estimate of drug-likeness (QED) is 0.491. The van der Waals surface area contributed by atoms with Crippen molar-refractivity contribution in [3.05, 3.63) is 42.1 Å². The molecule has 0 aromatic carbocycles. The van der Waals surface area contributed by atoms with Crippen LogP contribution >= 0.6 is 0 Å². The third-order valence-electron chi connectivity index (χ3n) is 4.68. The molecule has 0 atom stereocenters. The molecule has 4 rings (SSSR count). The highest BCUT2D eigenvalue weighted by atomic mass is 32.2. The molecule has 0 aliphatic rings. The molecule has 12 heteroatoms. The molecule has 0 N–H and O–H groups in total. The SMILES string of the molecule is CCS(=O)(=O)c1cn2cc(C#N)nc2cc1-c1nc2cc(C(F)(F)F)ncc2n1C. The fourth-order valence-electron chi connectivity index (χ4n) is 3.13. The average Bonchev–Trinajstić information content (AvgIpc) is 3.26. The minimum atomic E-state index is -4.63. The summed E-state index contributed by atoms with van der Waals surface area (Å²) in [6, 6.07) is 4.15. The predicted molar refractivity (Wildman–Crippen MR) is 100 cm³/mol. The summed E-state index contributed by atoms with van der Waals surface area (Å²) in [5.41, 5.74) is -0.196. The number of aryl methyl sites for hydroxylation is 1. The minimum Gasteiger partial charge on any atom is -0.326 e. The van der Waals surface area contributed by atoms with E-state index >= 15 is 0 Å². The molecule has 0 bridgehead atoms. The Bertz CT molecular complexity index is 1460. The Morgan fingerprint density at radius 1 is 1.20 bits per heavy atom. The summed E-state index contributed by atoms with van der Waals surface area (Å²) >= 11 is 0. The number of halogens is 3. The fraction of sp³-hybridized carbons (Fsp3) is 0.222. The third kappa shape index (κ3) is 3.07. The van der Waals surface area contributed by atoms with Crippen LogP contribution in [0.4, 0.5) is 13.2 Å². The maximum atomic E-state index is 13.0. The zero-order chi connectivity index (χ0) is 21.8. The summed E-state index contributed by atoms with van der Waals surface area (Å²) in [5.74, 6) is -0.0585.